The lowest BCUT2D eigenvalue weighted by atomic mass is 10.0. The summed E-state index contributed by atoms with van der Waals surface area (Å²) in [7, 11) is 3.02. The van der Waals surface area contributed by atoms with Crippen molar-refractivity contribution in [1.29, 1.82) is 0 Å². The summed E-state index contributed by atoms with van der Waals surface area (Å²) in [4.78, 5) is 25.3. The third-order valence-electron chi connectivity index (χ3n) is 5.35. The number of aromatic nitrogens is 3. The number of carbonyl (C=O) groups excluding carboxylic acids is 2. The summed E-state index contributed by atoms with van der Waals surface area (Å²) in [5, 5.41) is 14.6. The van der Waals surface area contributed by atoms with Crippen molar-refractivity contribution < 1.29 is 23.5 Å². The molecule has 2 heterocycles. The number of hydrogen-bond acceptors (Lipinski definition) is 8. The molecule has 198 valence electrons. The number of halogens is 3. The summed E-state index contributed by atoms with van der Waals surface area (Å²) in [5.74, 6) is -0.409. The van der Waals surface area contributed by atoms with E-state index >= 15 is 0 Å². The zero-order valence-corrected chi connectivity index (χ0v) is 23.5. The van der Waals surface area contributed by atoms with Crippen LogP contribution in [-0.4, -0.2) is 39.5 Å². The third-order valence-corrected chi connectivity index (χ3v) is 7.81. The molecule has 13 heteroatoms. The maximum Gasteiger partial charge on any atom is 0.341 e. The number of nitrogens with one attached hydrogen (secondary N) is 1. The molecule has 0 aliphatic carbocycles. The van der Waals surface area contributed by atoms with Crippen molar-refractivity contribution in [2.24, 2.45) is 7.05 Å². The van der Waals surface area contributed by atoms with Gasteiger partial charge in [0.25, 0.3) is 0 Å². The lowest BCUT2D eigenvalue weighted by Crippen LogP contribution is -2.16. The Balaban J connectivity index is 1.43. The molecule has 38 heavy (non-hydrogen) atoms. The molecule has 0 fully saturated rings. The van der Waals surface area contributed by atoms with Gasteiger partial charge in [0.05, 0.1) is 17.9 Å². The summed E-state index contributed by atoms with van der Waals surface area (Å²) in [6.45, 7) is 1.80. The Morgan fingerprint density at radius 3 is 2.63 bits per heavy atom. The van der Waals surface area contributed by atoms with Gasteiger partial charge in [0, 0.05) is 29.1 Å². The fourth-order valence-corrected chi connectivity index (χ4v) is 5.52. The number of carbonyl (C=O) groups is 2. The van der Waals surface area contributed by atoms with Crippen LogP contribution in [0.15, 0.2) is 53.0 Å². The van der Waals surface area contributed by atoms with Crippen LogP contribution in [0.1, 0.15) is 29.2 Å². The van der Waals surface area contributed by atoms with E-state index in [4.69, 9.17) is 32.7 Å². The molecule has 1 atom stereocenters. The first-order chi connectivity index (χ1) is 18.2. The number of thiophene rings is 1. The van der Waals surface area contributed by atoms with Crippen LogP contribution in [0.2, 0.25) is 10.0 Å². The molecule has 4 rings (SSSR count). The predicted octanol–water partition coefficient (Wildman–Crippen LogP) is 6.65. The van der Waals surface area contributed by atoms with E-state index in [0.717, 1.165) is 0 Å². The number of hydrogen-bond donors (Lipinski definition) is 1. The lowest BCUT2D eigenvalue weighted by molar-refractivity contribution is -0.113. The van der Waals surface area contributed by atoms with E-state index in [-0.39, 0.29) is 17.2 Å². The number of rotatable bonds is 9. The number of ether oxygens (including phenoxy) is 2. The molecule has 0 radical (unpaired) electrons. The predicted molar refractivity (Wildman–Crippen MR) is 147 cm³/mol. The average Bonchev–Trinajstić information content (AvgIpc) is 3.48. The molecule has 0 bridgehead atoms. The molecule has 4 aromatic rings. The summed E-state index contributed by atoms with van der Waals surface area (Å²) in [5.41, 5.74) is 1.37. The Morgan fingerprint density at radius 1 is 1.18 bits per heavy atom. The van der Waals surface area contributed by atoms with Gasteiger partial charge in [0.15, 0.2) is 17.1 Å². The van der Waals surface area contributed by atoms with Crippen LogP contribution in [0.3, 0.4) is 0 Å². The number of methoxy groups -OCH3 is 1. The van der Waals surface area contributed by atoms with Crippen LogP contribution >= 0.6 is 46.3 Å². The SMILES string of the molecule is COC(=O)c1c(-c2ccc(F)cc2)csc1NC(=O)CSc1nnc(C(C)Oc2cc(Cl)ccc2Cl)n1C. The normalized spacial score (nSPS) is 11.7. The second-order valence-electron chi connectivity index (χ2n) is 7.92. The number of anilines is 1. The Kier molecular flexibility index (Phi) is 8.93. The fraction of sp³-hybridized carbons (Fsp3) is 0.200. The van der Waals surface area contributed by atoms with Gasteiger partial charge in [-0.25, -0.2) is 9.18 Å². The van der Waals surface area contributed by atoms with E-state index in [9.17, 15) is 14.0 Å². The molecule has 1 N–H and O–H groups in total. The van der Waals surface area contributed by atoms with E-state index in [1.165, 1.54) is 42.3 Å². The monoisotopic (exact) mass is 594 g/mol. The van der Waals surface area contributed by atoms with Gasteiger partial charge in [0.2, 0.25) is 5.91 Å². The van der Waals surface area contributed by atoms with E-state index in [1.807, 2.05) is 0 Å². The lowest BCUT2D eigenvalue weighted by Gasteiger charge is -2.15. The van der Waals surface area contributed by atoms with Crippen LogP contribution in [0.5, 0.6) is 5.75 Å². The van der Waals surface area contributed by atoms with E-state index in [2.05, 4.69) is 15.5 Å². The summed E-state index contributed by atoms with van der Waals surface area (Å²) >= 11 is 14.6. The van der Waals surface area contributed by atoms with Crippen LogP contribution in [0.25, 0.3) is 11.1 Å². The third kappa shape index (κ3) is 6.29. The molecule has 2 aromatic carbocycles. The summed E-state index contributed by atoms with van der Waals surface area (Å²) in [6, 6.07) is 10.6. The van der Waals surface area contributed by atoms with Crippen molar-refractivity contribution >= 4 is 63.2 Å². The quantitative estimate of drug-likeness (QED) is 0.171. The molecule has 1 amide bonds. The van der Waals surface area contributed by atoms with Crippen molar-refractivity contribution in [3.05, 3.63) is 75.1 Å². The molecule has 0 aliphatic heterocycles. The molecular formula is C25H21Cl2FN4O4S2. The molecular weight excluding hydrogens is 574 g/mol. The first kappa shape index (κ1) is 27.9. The van der Waals surface area contributed by atoms with Crippen molar-refractivity contribution in [2.75, 3.05) is 18.2 Å². The maximum atomic E-state index is 13.4. The highest BCUT2D eigenvalue weighted by molar-refractivity contribution is 7.99. The van der Waals surface area contributed by atoms with Crippen molar-refractivity contribution in [1.82, 2.24) is 14.8 Å². The van der Waals surface area contributed by atoms with Gasteiger partial charge < -0.3 is 19.4 Å². The summed E-state index contributed by atoms with van der Waals surface area (Å²) in [6.07, 6.45) is -0.495. The van der Waals surface area contributed by atoms with Crippen molar-refractivity contribution in [2.45, 2.75) is 18.2 Å². The maximum absolute atomic E-state index is 13.4. The Morgan fingerprint density at radius 2 is 1.92 bits per heavy atom. The smallest absolute Gasteiger partial charge is 0.341 e. The number of benzene rings is 2. The highest BCUT2D eigenvalue weighted by Crippen LogP contribution is 2.37. The molecule has 0 saturated carbocycles. The molecule has 0 aliphatic rings. The largest absolute Gasteiger partial charge is 0.481 e. The fourth-order valence-electron chi connectivity index (χ4n) is 3.51. The Labute approximate surface area is 236 Å². The number of amides is 1. The highest BCUT2D eigenvalue weighted by atomic mass is 35.5. The first-order valence-corrected chi connectivity index (χ1v) is 13.7. The van der Waals surface area contributed by atoms with Gasteiger partial charge in [-0.15, -0.1) is 21.5 Å². The minimum absolute atomic E-state index is 0.00568. The second-order valence-corrected chi connectivity index (χ2v) is 10.6. The molecule has 0 saturated heterocycles. The second kappa shape index (κ2) is 12.2. The van der Waals surface area contributed by atoms with Crippen molar-refractivity contribution in [3.8, 4) is 16.9 Å². The van der Waals surface area contributed by atoms with Gasteiger partial charge in [-0.05, 0) is 36.8 Å². The van der Waals surface area contributed by atoms with Gasteiger partial charge in [-0.2, -0.15) is 0 Å². The number of nitrogens with zero attached hydrogens (tertiary/aromatic N) is 3. The molecule has 1 unspecified atom stereocenters. The van der Waals surface area contributed by atoms with Crippen LogP contribution in [0.4, 0.5) is 9.39 Å². The minimum atomic E-state index is -0.611. The van der Waals surface area contributed by atoms with Crippen molar-refractivity contribution in [3.63, 3.8) is 0 Å². The van der Waals surface area contributed by atoms with Crippen LogP contribution in [-0.2, 0) is 16.6 Å². The standard InChI is InChI=1S/C25H21Cl2FN4O4S2/c1-13(36-19-10-15(26)6-9-18(19)27)22-30-31-25(32(22)2)38-12-20(33)29-23-21(24(34)35-3)17(11-37-23)14-4-7-16(28)8-5-14/h4-11,13H,12H2,1-3H3,(H,29,33). The van der Waals surface area contributed by atoms with Gasteiger partial charge in [0.1, 0.15) is 22.1 Å². The average molecular weight is 596 g/mol. The number of thioether (sulfide) groups is 1. The highest BCUT2D eigenvalue weighted by Gasteiger charge is 2.23. The van der Waals surface area contributed by atoms with E-state index in [1.54, 1.807) is 54.3 Å². The van der Waals surface area contributed by atoms with Gasteiger partial charge in [-0.1, -0.05) is 47.1 Å². The molecule has 2 aromatic heterocycles. The zero-order valence-electron chi connectivity index (χ0n) is 20.3. The minimum Gasteiger partial charge on any atom is -0.481 e. The van der Waals surface area contributed by atoms with E-state index < -0.39 is 17.9 Å². The molecule has 8 nitrogen and oxygen atoms in total. The van der Waals surface area contributed by atoms with Gasteiger partial charge in [-0.3, -0.25) is 4.79 Å². The summed E-state index contributed by atoms with van der Waals surface area (Å²) < 4.78 is 25.9. The van der Waals surface area contributed by atoms with Gasteiger partial charge >= 0.3 is 5.97 Å². The first-order valence-electron chi connectivity index (χ1n) is 11.1. The number of esters is 1. The molecule has 0 spiro atoms. The van der Waals surface area contributed by atoms with E-state index in [0.29, 0.717) is 42.9 Å². The Bertz CT molecular complexity index is 1480. The zero-order chi connectivity index (χ0) is 27.4. The van der Waals surface area contributed by atoms with Crippen LogP contribution in [0, 0.1) is 5.82 Å². The topological polar surface area (TPSA) is 95.3 Å². The Hall–Kier alpha value is -3.12. The van der Waals surface area contributed by atoms with Crippen LogP contribution < -0.4 is 10.1 Å².